The van der Waals surface area contributed by atoms with E-state index in [9.17, 15) is 2.74 Å². The Morgan fingerprint density at radius 3 is 1.69 bits per heavy atom. The number of fused-ring (bicyclic) bond motifs is 14. The molecule has 2 aliphatic rings. The van der Waals surface area contributed by atoms with Gasteiger partial charge >= 0.3 is 436 Å². The summed E-state index contributed by atoms with van der Waals surface area (Å²) in [6.45, 7) is -0.232. The predicted octanol–water partition coefficient (Wildman–Crippen LogP) is 13.9. The first-order chi connectivity index (χ1) is 37.8. The molecule has 11 aromatic carbocycles. The minimum atomic E-state index is -0.406. The summed E-state index contributed by atoms with van der Waals surface area (Å²) in [6.07, 6.45) is 0. The first kappa shape index (κ1) is 35.7. The topological polar surface area (TPSA) is 13.1 Å². The van der Waals surface area contributed by atoms with Crippen LogP contribution in [0.4, 0.5) is 17.1 Å². The molecule has 0 amide bonds. The molecule has 0 bridgehead atoms. The SMILES string of the molecule is [2H]c1c([2H])c([2H])c(-c2cc3c4c(c2)N(c2ccccc2-c2ccccc2)c2cc(-n5c6ccccc6c6ccccc65)c5c(sc6ccccc65)c2B4c2ccc(-n4c5ccccc5c5ccccc54)cc2[Se]3)c([2H])c1[2H]. The average Bonchev–Trinajstić information content (AvgIpc) is 4.30. The molecule has 3 aromatic heterocycles. The van der Waals surface area contributed by atoms with Gasteiger partial charge in [-0.1, -0.05) is 0 Å². The van der Waals surface area contributed by atoms with Crippen molar-refractivity contribution in [3.8, 4) is 33.6 Å². The zero-order valence-electron chi connectivity index (χ0n) is 43.4. The van der Waals surface area contributed by atoms with Crippen LogP contribution < -0.4 is 30.2 Å². The van der Waals surface area contributed by atoms with E-state index in [2.05, 4.69) is 226 Å². The van der Waals surface area contributed by atoms with Crippen molar-refractivity contribution in [2.75, 3.05) is 4.90 Å². The van der Waals surface area contributed by atoms with E-state index < -0.39 is 6.04 Å². The van der Waals surface area contributed by atoms with Gasteiger partial charge in [-0.15, -0.1) is 0 Å². The van der Waals surface area contributed by atoms with Gasteiger partial charge in [-0.2, -0.15) is 0 Å². The molecule has 0 atom stereocenters. The molecule has 0 spiro atoms. The maximum absolute atomic E-state index is 9.43. The van der Waals surface area contributed by atoms with E-state index in [1.54, 1.807) is 0 Å². The summed E-state index contributed by atoms with van der Waals surface area (Å²) in [7, 11) is 0. The molecule has 5 heterocycles. The van der Waals surface area contributed by atoms with E-state index >= 15 is 0 Å². The number of benzene rings is 11. The number of para-hydroxylation sites is 5. The third-order valence-electron chi connectivity index (χ3n) is 15.0. The number of hydrogen-bond donors (Lipinski definition) is 0. The first-order valence-corrected chi connectivity index (χ1v) is 26.8. The second-order valence-corrected chi connectivity index (χ2v) is 22.1. The third-order valence-corrected chi connectivity index (χ3v) is 18.6. The summed E-state index contributed by atoms with van der Waals surface area (Å²) in [4.78, 5) is 2.44. The maximum atomic E-state index is 9.43. The summed E-state index contributed by atoms with van der Waals surface area (Å²) < 4.78 is 55.0. The molecule has 6 heteroatoms. The summed E-state index contributed by atoms with van der Waals surface area (Å²) in [5, 5.41) is 7.17. The van der Waals surface area contributed by atoms with Crippen molar-refractivity contribution in [2.45, 2.75) is 0 Å². The number of hydrogen-bond acceptors (Lipinski definition) is 2. The van der Waals surface area contributed by atoms with E-state index in [0.717, 1.165) is 66.1 Å². The zero-order chi connectivity index (χ0) is 51.4. The minimum absolute atomic E-state index is 0.195. The van der Waals surface area contributed by atoms with E-state index in [1.165, 1.54) is 62.6 Å². The molecule has 0 saturated carbocycles. The van der Waals surface area contributed by atoms with Crippen molar-refractivity contribution in [1.82, 2.24) is 9.13 Å². The Labute approximate surface area is 433 Å². The van der Waals surface area contributed by atoms with Crippen molar-refractivity contribution in [3.63, 3.8) is 0 Å². The summed E-state index contributed by atoms with van der Waals surface area (Å²) in [5.41, 5.74) is 16.2. The zero-order valence-corrected chi connectivity index (χ0v) is 41.0. The van der Waals surface area contributed by atoms with Crippen molar-refractivity contribution >= 4 is 139 Å². The normalized spacial score (nSPS) is 13.9. The van der Waals surface area contributed by atoms with Crippen LogP contribution in [0.1, 0.15) is 6.85 Å². The van der Waals surface area contributed by atoms with Crippen LogP contribution in [0, 0.1) is 0 Å². The Hall–Kier alpha value is -8.38. The van der Waals surface area contributed by atoms with Crippen molar-refractivity contribution in [2.24, 2.45) is 0 Å². The Kier molecular flexibility index (Phi) is 7.71. The average molecular weight is 1000 g/mol. The Morgan fingerprint density at radius 1 is 0.417 bits per heavy atom. The second kappa shape index (κ2) is 15.6. The summed E-state index contributed by atoms with van der Waals surface area (Å²) >= 11 is 1.57. The summed E-state index contributed by atoms with van der Waals surface area (Å²) in [5.74, 6) is 0. The number of thiophene rings is 1. The van der Waals surface area contributed by atoms with Crippen LogP contribution >= 0.6 is 11.3 Å². The molecule has 3 nitrogen and oxygen atoms in total. The molecular formula is C66H40BN3SSe. The molecule has 0 aliphatic carbocycles. The van der Waals surface area contributed by atoms with Gasteiger partial charge < -0.3 is 0 Å². The fourth-order valence-electron chi connectivity index (χ4n) is 12.1. The van der Waals surface area contributed by atoms with E-state index in [1.807, 2.05) is 11.3 Å². The van der Waals surface area contributed by atoms with E-state index in [4.69, 9.17) is 4.11 Å². The molecule has 0 saturated heterocycles. The molecule has 0 fully saturated rings. The molecule has 0 unspecified atom stereocenters. The van der Waals surface area contributed by atoms with Crippen LogP contribution in [0.2, 0.25) is 0 Å². The second-order valence-electron chi connectivity index (χ2n) is 18.8. The van der Waals surface area contributed by atoms with E-state index in [0.29, 0.717) is 5.56 Å². The van der Waals surface area contributed by atoms with Crippen LogP contribution in [-0.4, -0.2) is 30.8 Å². The van der Waals surface area contributed by atoms with Crippen LogP contribution in [0.15, 0.2) is 243 Å². The monoisotopic (exact) mass is 1000 g/mol. The number of rotatable bonds is 5. The van der Waals surface area contributed by atoms with Gasteiger partial charge in [0.05, 0.1) is 0 Å². The molecule has 16 rings (SSSR count). The molecule has 334 valence electrons. The van der Waals surface area contributed by atoms with Gasteiger partial charge in [-0.3, -0.25) is 0 Å². The molecular weight excluding hydrogens is 957 g/mol. The Bertz CT molecular complexity index is 4760. The van der Waals surface area contributed by atoms with Gasteiger partial charge in [0.2, 0.25) is 0 Å². The number of aromatic nitrogens is 2. The number of anilines is 3. The third kappa shape index (κ3) is 5.74. The van der Waals surface area contributed by atoms with Gasteiger partial charge in [0.15, 0.2) is 0 Å². The van der Waals surface area contributed by atoms with Crippen LogP contribution in [-0.2, 0) is 0 Å². The Morgan fingerprint density at radius 2 is 1.00 bits per heavy atom. The van der Waals surface area contributed by atoms with Gasteiger partial charge in [-0.05, 0) is 0 Å². The summed E-state index contributed by atoms with van der Waals surface area (Å²) in [6, 6.07) is 75.0. The van der Waals surface area contributed by atoms with Crippen LogP contribution in [0.5, 0.6) is 0 Å². The molecule has 0 radical (unpaired) electrons. The van der Waals surface area contributed by atoms with Gasteiger partial charge in [-0.25, -0.2) is 0 Å². The van der Waals surface area contributed by atoms with Crippen LogP contribution in [0.3, 0.4) is 0 Å². The van der Waals surface area contributed by atoms with Gasteiger partial charge in [0, 0.05) is 0 Å². The van der Waals surface area contributed by atoms with Gasteiger partial charge in [0.1, 0.15) is 0 Å². The molecule has 0 N–H and O–H groups in total. The Balaban J connectivity index is 1.08. The number of nitrogens with zero attached hydrogens (tertiary/aromatic N) is 3. The fraction of sp³-hybridized carbons (Fsp3) is 0. The van der Waals surface area contributed by atoms with Crippen molar-refractivity contribution in [3.05, 3.63) is 243 Å². The van der Waals surface area contributed by atoms with E-state index in [-0.39, 0.29) is 51.4 Å². The quantitative estimate of drug-likeness (QED) is 0.157. The molecule has 72 heavy (non-hydrogen) atoms. The van der Waals surface area contributed by atoms with Crippen molar-refractivity contribution in [1.29, 1.82) is 0 Å². The fourth-order valence-corrected chi connectivity index (χ4v) is 16.0. The molecule has 14 aromatic rings. The van der Waals surface area contributed by atoms with Gasteiger partial charge in [0.25, 0.3) is 0 Å². The predicted molar refractivity (Wildman–Crippen MR) is 310 cm³/mol. The molecule has 2 aliphatic heterocycles. The first-order valence-electron chi connectivity index (χ1n) is 26.8. The van der Waals surface area contributed by atoms with Crippen molar-refractivity contribution < 1.29 is 6.85 Å². The standard InChI is InChI=1S/C66H40BN3SSe/c1-3-19-41(20-4-1)43-37-58-64-62(38-43)72-61-39-44(68-53-30-14-8-24-46(53)47-25-9-15-31-54(47)68)35-36-51(61)67(64)65-59(70(58)52-29-13-7-23-45(52)42-21-5-2-6-22-42)40-57(63-50-28-12-18-34-60(50)71-66(63)65)69-55-32-16-10-26-48(55)49-27-11-17-33-56(49)69/h1-40H/i1D,3D,4D,19D,20D. The van der Waals surface area contributed by atoms with Crippen LogP contribution in [0.25, 0.3) is 97.4 Å².